The third kappa shape index (κ3) is 5.59. The quantitative estimate of drug-likeness (QED) is 0.0887. The van der Waals surface area contributed by atoms with Crippen LogP contribution in [-0.4, -0.2) is 27.0 Å². The molecule has 0 aliphatic heterocycles. The number of ketones is 2. The highest BCUT2D eigenvalue weighted by Gasteiger charge is 2.22. The Morgan fingerprint density at radius 3 is 1.35 bits per heavy atom. The van der Waals surface area contributed by atoms with Crippen molar-refractivity contribution in [3.05, 3.63) is 204 Å². The van der Waals surface area contributed by atoms with Crippen molar-refractivity contribution in [3.63, 3.8) is 0 Å². The number of aryl methyl sites for hydroxylation is 1. The summed E-state index contributed by atoms with van der Waals surface area (Å²) >= 11 is 0. The highest BCUT2D eigenvalue weighted by atomic mass is 16.2. The number of aldehydes is 1. The van der Waals surface area contributed by atoms with Crippen LogP contribution in [0.2, 0.25) is 0 Å². The van der Waals surface area contributed by atoms with Crippen LogP contribution in [0.3, 0.4) is 0 Å². The Morgan fingerprint density at radius 1 is 0.404 bits per heavy atom. The van der Waals surface area contributed by atoms with Crippen molar-refractivity contribution in [2.75, 3.05) is 0 Å². The van der Waals surface area contributed by atoms with Crippen LogP contribution >= 0.6 is 0 Å². The van der Waals surface area contributed by atoms with Gasteiger partial charge in [0.2, 0.25) is 5.78 Å². The molecule has 0 spiro atoms. The van der Waals surface area contributed by atoms with Crippen molar-refractivity contribution in [2.24, 2.45) is 0 Å². The van der Waals surface area contributed by atoms with E-state index in [1.165, 1.54) is 0 Å². The van der Waals surface area contributed by atoms with Crippen molar-refractivity contribution in [1.29, 1.82) is 0 Å². The van der Waals surface area contributed by atoms with Gasteiger partial charge < -0.3 is 9.13 Å². The fraction of sp³-hybridized carbons (Fsp3) is 0.0192. The van der Waals surface area contributed by atoms with Crippen LogP contribution < -0.4 is 0 Å². The standard InChI is InChI=1S/C52H34N2O3/c1-33-20-21-34(36-23-26-49-44(29-36)40-16-8-10-18-47(40)53(49)38-12-4-2-5-13-38)28-43(33)52(57)42-25-22-35(31-46(42)51(56)32-55)37-24-27-50-45(30-37)41-17-9-11-19-48(41)54(50)39-14-6-3-7-15-39/h2-32H,1H3. The Labute approximate surface area is 328 Å². The zero-order valence-electron chi connectivity index (χ0n) is 31.0. The maximum atomic E-state index is 14.5. The van der Waals surface area contributed by atoms with E-state index in [0.29, 0.717) is 5.56 Å². The second-order valence-corrected chi connectivity index (χ2v) is 14.4. The third-order valence-electron chi connectivity index (χ3n) is 11.2. The number of Topliss-reactive ketones (excluding diaryl/α,β-unsaturated/α-hetero) is 1. The van der Waals surface area contributed by atoms with E-state index in [9.17, 15) is 14.4 Å². The van der Waals surface area contributed by atoms with E-state index in [4.69, 9.17) is 0 Å². The second-order valence-electron chi connectivity index (χ2n) is 14.4. The molecule has 0 aliphatic carbocycles. The van der Waals surface area contributed by atoms with Gasteiger partial charge in [-0.1, -0.05) is 103 Å². The van der Waals surface area contributed by atoms with Crippen molar-refractivity contribution >= 4 is 61.5 Å². The van der Waals surface area contributed by atoms with Gasteiger partial charge in [0, 0.05) is 49.6 Å². The van der Waals surface area contributed by atoms with Crippen LogP contribution in [0.4, 0.5) is 0 Å². The number of hydrogen-bond donors (Lipinski definition) is 0. The molecule has 270 valence electrons. The van der Waals surface area contributed by atoms with E-state index in [1.807, 2.05) is 85.8 Å². The maximum absolute atomic E-state index is 14.5. The zero-order chi connectivity index (χ0) is 38.6. The molecular formula is C52H34N2O3. The average molecular weight is 735 g/mol. The smallest absolute Gasteiger partial charge is 0.226 e. The van der Waals surface area contributed by atoms with Gasteiger partial charge in [0.25, 0.3) is 0 Å². The molecule has 8 aromatic carbocycles. The van der Waals surface area contributed by atoms with E-state index in [0.717, 1.165) is 82.8 Å². The van der Waals surface area contributed by atoms with E-state index >= 15 is 0 Å². The zero-order valence-corrected chi connectivity index (χ0v) is 31.0. The van der Waals surface area contributed by atoms with Crippen molar-refractivity contribution in [3.8, 4) is 33.6 Å². The molecule has 10 rings (SSSR count). The molecule has 0 amide bonds. The van der Waals surface area contributed by atoms with Crippen molar-refractivity contribution in [1.82, 2.24) is 9.13 Å². The highest BCUT2D eigenvalue weighted by molar-refractivity contribution is 6.36. The summed E-state index contributed by atoms with van der Waals surface area (Å²) < 4.78 is 4.52. The fourth-order valence-corrected chi connectivity index (χ4v) is 8.40. The van der Waals surface area contributed by atoms with Gasteiger partial charge in [0.15, 0.2) is 12.1 Å². The minimum Gasteiger partial charge on any atom is -0.309 e. The molecule has 0 N–H and O–H groups in total. The van der Waals surface area contributed by atoms with Crippen molar-refractivity contribution < 1.29 is 14.4 Å². The largest absolute Gasteiger partial charge is 0.309 e. The van der Waals surface area contributed by atoms with E-state index in [2.05, 4.69) is 100 Å². The second kappa shape index (κ2) is 13.6. The summed E-state index contributed by atoms with van der Waals surface area (Å²) in [6, 6.07) is 61.0. The molecule has 57 heavy (non-hydrogen) atoms. The van der Waals surface area contributed by atoms with Gasteiger partial charge in [-0.15, -0.1) is 0 Å². The number of hydrogen-bond acceptors (Lipinski definition) is 3. The highest BCUT2D eigenvalue weighted by Crippen LogP contribution is 2.37. The Bertz CT molecular complexity index is 3240. The summed E-state index contributed by atoms with van der Waals surface area (Å²) in [6.45, 7) is 1.89. The monoisotopic (exact) mass is 734 g/mol. The molecule has 2 heterocycles. The normalized spacial score (nSPS) is 11.5. The molecule has 2 aromatic heterocycles. The van der Waals surface area contributed by atoms with Gasteiger partial charge in [-0.3, -0.25) is 14.4 Å². The predicted octanol–water partition coefficient (Wildman–Crippen LogP) is 12.1. The number of aromatic nitrogens is 2. The number of nitrogens with zero attached hydrogens (tertiary/aromatic N) is 2. The molecule has 0 radical (unpaired) electrons. The van der Waals surface area contributed by atoms with E-state index in [1.54, 1.807) is 12.1 Å². The number of carbonyl (C=O) groups is 3. The molecule has 5 heteroatoms. The average Bonchev–Trinajstić information content (AvgIpc) is 3.78. The maximum Gasteiger partial charge on any atom is 0.226 e. The number of carbonyl (C=O) groups excluding carboxylic acids is 3. The molecule has 0 fully saturated rings. The van der Waals surface area contributed by atoms with Gasteiger partial charge in [-0.25, -0.2) is 0 Å². The molecule has 0 saturated heterocycles. The molecule has 10 aromatic rings. The molecular weight excluding hydrogens is 701 g/mol. The fourth-order valence-electron chi connectivity index (χ4n) is 8.40. The van der Waals surface area contributed by atoms with Gasteiger partial charge in [0.05, 0.1) is 22.1 Å². The Hall–Kier alpha value is -7.63. The summed E-state index contributed by atoms with van der Waals surface area (Å²) in [7, 11) is 0. The van der Waals surface area contributed by atoms with Crippen molar-refractivity contribution in [2.45, 2.75) is 6.92 Å². The lowest BCUT2D eigenvalue weighted by Gasteiger charge is -2.13. The first-order valence-corrected chi connectivity index (χ1v) is 19.0. The number of fused-ring (bicyclic) bond motifs is 6. The minimum absolute atomic E-state index is 0.0826. The van der Waals surface area contributed by atoms with E-state index < -0.39 is 5.78 Å². The molecule has 5 nitrogen and oxygen atoms in total. The SMILES string of the molecule is Cc1ccc(-c2ccc3c(c2)c2ccccc2n3-c2ccccc2)cc1C(=O)c1ccc(-c2ccc3c(c2)c2ccccc2n3-c2ccccc2)cc1C(=O)C=O. The predicted molar refractivity (Wildman–Crippen MR) is 231 cm³/mol. The summed E-state index contributed by atoms with van der Waals surface area (Å²) in [4.78, 5) is 39.8. The lowest BCUT2D eigenvalue weighted by molar-refractivity contribution is -0.104. The Balaban J connectivity index is 1.05. The summed E-state index contributed by atoms with van der Waals surface area (Å²) in [5.41, 5.74) is 11.5. The molecule has 0 atom stereocenters. The first-order valence-electron chi connectivity index (χ1n) is 19.0. The lowest BCUT2D eigenvalue weighted by Crippen LogP contribution is -2.12. The van der Waals surface area contributed by atoms with Crippen LogP contribution in [0, 0.1) is 6.92 Å². The summed E-state index contributed by atoms with van der Waals surface area (Å²) in [5, 5.41) is 4.41. The lowest BCUT2D eigenvalue weighted by atomic mass is 9.89. The van der Waals surface area contributed by atoms with Crippen LogP contribution in [0.1, 0.15) is 31.8 Å². The Morgan fingerprint density at radius 2 is 0.825 bits per heavy atom. The van der Waals surface area contributed by atoms with Gasteiger partial charge in [0.1, 0.15) is 0 Å². The van der Waals surface area contributed by atoms with Crippen LogP contribution in [0.25, 0.3) is 77.2 Å². The molecule has 0 saturated carbocycles. The van der Waals surface area contributed by atoms with E-state index in [-0.39, 0.29) is 23.2 Å². The molecule has 0 aliphatic rings. The third-order valence-corrected chi connectivity index (χ3v) is 11.2. The van der Waals surface area contributed by atoms with Crippen LogP contribution in [0.5, 0.6) is 0 Å². The summed E-state index contributed by atoms with van der Waals surface area (Å²) in [5.74, 6) is -1.05. The first-order chi connectivity index (χ1) is 28.0. The van der Waals surface area contributed by atoms with Crippen LogP contribution in [0.15, 0.2) is 182 Å². The minimum atomic E-state index is -0.740. The first kappa shape index (κ1) is 33.9. The van der Waals surface area contributed by atoms with Crippen LogP contribution in [-0.2, 0) is 4.79 Å². The number of para-hydroxylation sites is 4. The topological polar surface area (TPSA) is 61.1 Å². The van der Waals surface area contributed by atoms with Gasteiger partial charge >= 0.3 is 0 Å². The summed E-state index contributed by atoms with van der Waals surface area (Å²) in [6.07, 6.45) is 0.289. The molecule has 0 unspecified atom stereocenters. The number of benzene rings is 8. The molecule has 0 bridgehead atoms. The number of rotatable bonds is 8. The Kier molecular flexibility index (Phi) is 8.08. The van der Waals surface area contributed by atoms with Gasteiger partial charge in [-0.05, 0) is 114 Å². The van der Waals surface area contributed by atoms with Gasteiger partial charge in [-0.2, -0.15) is 0 Å².